The van der Waals surface area contributed by atoms with Crippen molar-refractivity contribution < 1.29 is 14.3 Å². The number of hydrogen-bond donors (Lipinski definition) is 2. The molecule has 0 bridgehead atoms. The first kappa shape index (κ1) is 20.4. The van der Waals surface area contributed by atoms with E-state index in [2.05, 4.69) is 20.4 Å². The van der Waals surface area contributed by atoms with Crippen LogP contribution in [0.5, 0.6) is 5.75 Å². The predicted molar refractivity (Wildman–Crippen MR) is 114 cm³/mol. The Labute approximate surface area is 179 Å². The fourth-order valence-corrected chi connectivity index (χ4v) is 3.82. The summed E-state index contributed by atoms with van der Waals surface area (Å²) in [6.07, 6.45) is 1.41. The van der Waals surface area contributed by atoms with Crippen LogP contribution in [0.2, 0.25) is 5.02 Å². The fourth-order valence-electron chi connectivity index (χ4n) is 3.65. The van der Waals surface area contributed by atoms with Crippen LogP contribution in [-0.2, 0) is 4.79 Å². The zero-order valence-corrected chi connectivity index (χ0v) is 17.3. The molecule has 0 spiro atoms. The molecule has 2 N–H and O–H groups in total. The van der Waals surface area contributed by atoms with E-state index in [0.717, 1.165) is 18.7 Å². The number of carbonyl (C=O) groups is 1. The van der Waals surface area contributed by atoms with Crippen LogP contribution in [0.4, 0.5) is 5.69 Å². The zero-order chi connectivity index (χ0) is 21.1. The second-order valence-corrected chi connectivity index (χ2v) is 7.88. The van der Waals surface area contributed by atoms with Crippen LogP contribution in [0.15, 0.2) is 52.9 Å². The molecule has 1 aliphatic rings. The Kier molecular flexibility index (Phi) is 6.01. The number of carbonyl (C=O) groups excluding carboxylic acids is 1. The number of hydrogen-bond acceptors (Lipinski definition) is 6. The van der Waals surface area contributed by atoms with E-state index in [4.69, 9.17) is 16.0 Å². The molecule has 156 valence electrons. The summed E-state index contributed by atoms with van der Waals surface area (Å²) in [5.74, 6) is 0.844. The van der Waals surface area contributed by atoms with Crippen molar-refractivity contribution in [2.75, 3.05) is 18.4 Å². The minimum atomic E-state index is -0.130. The maximum absolute atomic E-state index is 12.6. The fraction of sp³-hybridized carbons (Fsp3) is 0.318. The molecule has 1 saturated heterocycles. The van der Waals surface area contributed by atoms with Crippen molar-refractivity contribution in [1.82, 2.24) is 15.1 Å². The van der Waals surface area contributed by atoms with E-state index in [9.17, 15) is 9.90 Å². The summed E-state index contributed by atoms with van der Waals surface area (Å²) in [5.41, 5.74) is 1.23. The van der Waals surface area contributed by atoms with Crippen LogP contribution in [0, 0.1) is 5.92 Å². The van der Waals surface area contributed by atoms with E-state index in [1.165, 1.54) is 6.07 Å². The van der Waals surface area contributed by atoms with Gasteiger partial charge < -0.3 is 14.8 Å². The molecule has 1 fully saturated rings. The Morgan fingerprint density at radius 1 is 1.20 bits per heavy atom. The van der Waals surface area contributed by atoms with E-state index < -0.39 is 0 Å². The number of likely N-dealkylation sites (tertiary alicyclic amines) is 1. The number of amides is 1. The molecular formula is C22H23ClN4O3. The summed E-state index contributed by atoms with van der Waals surface area (Å²) in [6.45, 7) is 3.51. The first-order chi connectivity index (χ1) is 14.5. The van der Waals surface area contributed by atoms with Crippen LogP contribution in [-0.4, -0.2) is 39.2 Å². The average Bonchev–Trinajstić information content (AvgIpc) is 3.27. The first-order valence-corrected chi connectivity index (χ1v) is 10.3. The van der Waals surface area contributed by atoms with Crippen molar-refractivity contribution in [2.24, 2.45) is 5.92 Å². The van der Waals surface area contributed by atoms with Crippen LogP contribution in [0.1, 0.15) is 31.7 Å². The van der Waals surface area contributed by atoms with E-state index in [-0.39, 0.29) is 23.6 Å². The van der Waals surface area contributed by atoms with Gasteiger partial charge in [-0.05, 0) is 63.2 Å². The highest BCUT2D eigenvalue weighted by Crippen LogP contribution is 2.30. The molecule has 3 aromatic rings. The maximum atomic E-state index is 12.6. The molecule has 2 heterocycles. The molecule has 8 heteroatoms. The normalized spacial score (nSPS) is 16.3. The smallest absolute Gasteiger partial charge is 0.247 e. The molecule has 7 nitrogen and oxygen atoms in total. The SMILES string of the molecule is CC(c1nnc(-c2ccccc2)o1)N1CCC(C(=O)Nc2cc(Cl)ccc2O)CC1. The van der Waals surface area contributed by atoms with Gasteiger partial charge >= 0.3 is 0 Å². The van der Waals surface area contributed by atoms with Gasteiger partial charge in [-0.2, -0.15) is 0 Å². The quantitative estimate of drug-likeness (QED) is 0.583. The second-order valence-electron chi connectivity index (χ2n) is 7.45. The van der Waals surface area contributed by atoms with E-state index in [1.54, 1.807) is 12.1 Å². The van der Waals surface area contributed by atoms with Gasteiger partial charge in [0.05, 0.1) is 11.7 Å². The topological polar surface area (TPSA) is 91.5 Å². The standard InChI is InChI=1S/C22H23ClN4O3/c1-14(21-25-26-22(30-21)16-5-3-2-4-6-16)27-11-9-15(10-12-27)20(29)24-18-13-17(23)7-8-19(18)28/h2-8,13-15,28H,9-12H2,1H3,(H,24,29). The minimum Gasteiger partial charge on any atom is -0.506 e. The lowest BCUT2D eigenvalue weighted by molar-refractivity contribution is -0.121. The highest BCUT2D eigenvalue weighted by atomic mass is 35.5. The molecule has 0 saturated carbocycles. The largest absolute Gasteiger partial charge is 0.506 e. The van der Waals surface area contributed by atoms with Gasteiger partial charge in [-0.25, -0.2) is 0 Å². The predicted octanol–water partition coefficient (Wildman–Crippen LogP) is 4.51. The van der Waals surface area contributed by atoms with Crippen molar-refractivity contribution in [3.8, 4) is 17.2 Å². The molecule has 30 heavy (non-hydrogen) atoms. The molecule has 4 rings (SSSR count). The van der Waals surface area contributed by atoms with Gasteiger partial charge in [-0.3, -0.25) is 9.69 Å². The number of aromatic hydroxyl groups is 1. The van der Waals surface area contributed by atoms with Gasteiger partial charge in [0.15, 0.2) is 0 Å². The number of nitrogens with one attached hydrogen (secondary N) is 1. The minimum absolute atomic E-state index is 0.00409. The summed E-state index contributed by atoms with van der Waals surface area (Å²) in [6, 6.07) is 14.2. The van der Waals surface area contributed by atoms with Gasteiger partial charge in [0, 0.05) is 16.5 Å². The van der Waals surface area contributed by atoms with Gasteiger partial charge in [0.1, 0.15) is 5.75 Å². The van der Waals surface area contributed by atoms with Crippen molar-refractivity contribution in [3.05, 3.63) is 59.4 Å². The molecule has 1 amide bonds. The highest BCUT2D eigenvalue weighted by Gasteiger charge is 2.30. The van der Waals surface area contributed by atoms with E-state index in [1.807, 2.05) is 37.3 Å². The van der Waals surface area contributed by atoms with Crippen molar-refractivity contribution in [1.29, 1.82) is 0 Å². The third-order valence-electron chi connectivity index (χ3n) is 5.48. The summed E-state index contributed by atoms with van der Waals surface area (Å²) < 4.78 is 5.88. The number of rotatable bonds is 5. The molecule has 1 atom stereocenters. The van der Waals surface area contributed by atoms with E-state index >= 15 is 0 Å². The molecule has 0 radical (unpaired) electrons. The number of halogens is 1. The van der Waals surface area contributed by atoms with Crippen LogP contribution in [0.25, 0.3) is 11.5 Å². The van der Waals surface area contributed by atoms with Gasteiger partial charge in [-0.1, -0.05) is 29.8 Å². The van der Waals surface area contributed by atoms with E-state index in [0.29, 0.717) is 35.3 Å². The Balaban J connectivity index is 1.34. The van der Waals surface area contributed by atoms with Gasteiger partial charge in [-0.15, -0.1) is 10.2 Å². The lowest BCUT2D eigenvalue weighted by Crippen LogP contribution is -2.39. The number of phenolic OH excluding ortho intramolecular Hbond substituents is 1. The van der Waals surface area contributed by atoms with Crippen molar-refractivity contribution >= 4 is 23.2 Å². The number of phenols is 1. The Hall–Kier alpha value is -2.90. The number of piperidine rings is 1. The number of aromatic nitrogens is 2. The monoisotopic (exact) mass is 426 g/mol. The molecule has 1 unspecified atom stereocenters. The molecular weight excluding hydrogens is 404 g/mol. The van der Waals surface area contributed by atoms with Crippen molar-refractivity contribution in [3.63, 3.8) is 0 Å². The Morgan fingerprint density at radius 3 is 2.67 bits per heavy atom. The zero-order valence-electron chi connectivity index (χ0n) is 16.6. The highest BCUT2D eigenvalue weighted by molar-refractivity contribution is 6.31. The van der Waals surface area contributed by atoms with Gasteiger partial charge in [0.2, 0.25) is 17.7 Å². The summed E-state index contributed by atoms with van der Waals surface area (Å²) in [5, 5.41) is 21.5. The maximum Gasteiger partial charge on any atom is 0.247 e. The summed E-state index contributed by atoms with van der Waals surface area (Å²) >= 11 is 5.95. The first-order valence-electron chi connectivity index (χ1n) is 9.93. The molecule has 1 aliphatic heterocycles. The summed E-state index contributed by atoms with van der Waals surface area (Å²) in [7, 11) is 0. The summed E-state index contributed by atoms with van der Waals surface area (Å²) in [4.78, 5) is 14.9. The van der Waals surface area contributed by atoms with Crippen LogP contribution < -0.4 is 5.32 Å². The van der Waals surface area contributed by atoms with Crippen LogP contribution >= 0.6 is 11.6 Å². The molecule has 2 aromatic carbocycles. The number of nitrogens with zero attached hydrogens (tertiary/aromatic N) is 3. The Morgan fingerprint density at radius 2 is 1.93 bits per heavy atom. The van der Waals surface area contributed by atoms with Gasteiger partial charge in [0.25, 0.3) is 0 Å². The Bertz CT molecular complexity index is 1020. The lowest BCUT2D eigenvalue weighted by Gasteiger charge is -2.34. The van der Waals surface area contributed by atoms with Crippen molar-refractivity contribution in [2.45, 2.75) is 25.8 Å². The second kappa shape index (κ2) is 8.85. The van der Waals surface area contributed by atoms with Crippen LogP contribution in [0.3, 0.4) is 0 Å². The number of anilines is 1. The average molecular weight is 427 g/mol. The molecule has 0 aliphatic carbocycles. The number of benzene rings is 2. The molecule has 1 aromatic heterocycles. The third-order valence-corrected chi connectivity index (χ3v) is 5.72. The third kappa shape index (κ3) is 4.47. The lowest BCUT2D eigenvalue weighted by atomic mass is 9.95.